The van der Waals surface area contributed by atoms with E-state index in [9.17, 15) is 0 Å². The molecule has 2 heteroatoms. The average Bonchev–Trinajstić information content (AvgIpc) is 3.11. The van der Waals surface area contributed by atoms with Crippen LogP contribution in [0.1, 0.15) is 77.0 Å². The summed E-state index contributed by atoms with van der Waals surface area (Å²) in [6.07, 6.45) is 15.7. The van der Waals surface area contributed by atoms with Crippen molar-refractivity contribution in [3.63, 3.8) is 0 Å². The molecule has 0 saturated carbocycles. The van der Waals surface area contributed by atoms with Crippen LogP contribution in [0.15, 0.2) is 36.7 Å². The number of hydrogen-bond donors (Lipinski definition) is 0. The van der Waals surface area contributed by atoms with E-state index in [1.165, 1.54) is 75.6 Å². The molecule has 1 aliphatic heterocycles. The SMILES string of the molecule is C=C1CCC(=C)N1CCCCCCCCCCCCn1c(=C)ccc1=C. The van der Waals surface area contributed by atoms with E-state index in [1.54, 1.807) is 0 Å². The van der Waals surface area contributed by atoms with Crippen molar-refractivity contribution in [2.45, 2.75) is 83.6 Å². The maximum atomic E-state index is 4.14. The molecule has 1 aromatic heterocycles. The van der Waals surface area contributed by atoms with Gasteiger partial charge in [-0.3, -0.25) is 0 Å². The summed E-state index contributed by atoms with van der Waals surface area (Å²) < 4.78 is 2.23. The third-order valence-corrected chi connectivity index (χ3v) is 5.64. The second kappa shape index (κ2) is 11.1. The Bertz CT molecular complexity index is 623. The topological polar surface area (TPSA) is 8.17 Å². The van der Waals surface area contributed by atoms with E-state index in [0.717, 1.165) is 36.6 Å². The molecule has 0 atom stereocenters. The fraction of sp³-hybridized carbons (Fsp3) is 0.583. The molecule has 1 aliphatic rings. The van der Waals surface area contributed by atoms with Crippen LogP contribution < -0.4 is 10.7 Å². The van der Waals surface area contributed by atoms with E-state index in [-0.39, 0.29) is 0 Å². The van der Waals surface area contributed by atoms with Gasteiger partial charge in [-0.2, -0.15) is 0 Å². The minimum atomic E-state index is 1.07. The summed E-state index contributed by atoms with van der Waals surface area (Å²) in [6, 6.07) is 4.11. The predicted molar refractivity (Wildman–Crippen MR) is 115 cm³/mol. The van der Waals surface area contributed by atoms with E-state index in [4.69, 9.17) is 0 Å². The fourth-order valence-corrected chi connectivity index (χ4v) is 3.90. The molecular formula is C24H38N2. The molecular weight excluding hydrogens is 316 g/mol. The van der Waals surface area contributed by atoms with Gasteiger partial charge in [0.2, 0.25) is 0 Å². The van der Waals surface area contributed by atoms with Crippen LogP contribution in [-0.4, -0.2) is 16.0 Å². The molecule has 1 saturated heterocycles. The number of hydrogen-bond acceptors (Lipinski definition) is 1. The molecule has 0 radical (unpaired) electrons. The third kappa shape index (κ3) is 6.55. The molecule has 1 aromatic rings. The van der Waals surface area contributed by atoms with Crippen molar-refractivity contribution < 1.29 is 0 Å². The van der Waals surface area contributed by atoms with Gasteiger partial charge in [-0.1, -0.05) is 77.7 Å². The Morgan fingerprint density at radius 3 is 1.42 bits per heavy atom. The largest absolute Gasteiger partial charge is 0.350 e. The zero-order valence-corrected chi connectivity index (χ0v) is 16.8. The molecule has 2 heterocycles. The summed E-state index contributed by atoms with van der Waals surface area (Å²) >= 11 is 0. The van der Waals surface area contributed by atoms with Gasteiger partial charge in [0.1, 0.15) is 0 Å². The normalized spacial score (nSPS) is 14.5. The quantitative estimate of drug-likeness (QED) is 0.435. The standard InChI is InChI=1S/C24H38N2/c1-21-15-16-22(2)25(21)19-13-11-9-7-5-6-8-10-12-14-20-26-23(3)17-18-24(26)4/h15-16H,1-14,17-20H2. The van der Waals surface area contributed by atoms with Gasteiger partial charge >= 0.3 is 0 Å². The molecule has 0 amide bonds. The summed E-state index contributed by atoms with van der Waals surface area (Å²) in [5.41, 5.74) is 2.54. The van der Waals surface area contributed by atoms with Crippen molar-refractivity contribution in [2.75, 3.05) is 6.54 Å². The lowest BCUT2D eigenvalue weighted by molar-refractivity contribution is 0.430. The van der Waals surface area contributed by atoms with Crippen molar-refractivity contribution in [1.82, 2.24) is 9.47 Å². The van der Waals surface area contributed by atoms with Crippen LogP contribution >= 0.6 is 0 Å². The molecule has 2 nitrogen and oxygen atoms in total. The van der Waals surface area contributed by atoms with Crippen LogP contribution in [0.25, 0.3) is 13.2 Å². The predicted octanol–water partition coefficient (Wildman–Crippen LogP) is 5.33. The Kier molecular flexibility index (Phi) is 8.80. The van der Waals surface area contributed by atoms with Gasteiger partial charge in [-0.25, -0.2) is 0 Å². The van der Waals surface area contributed by atoms with Gasteiger partial charge in [0, 0.05) is 35.2 Å². The average molecular weight is 355 g/mol. The lowest BCUT2D eigenvalue weighted by Gasteiger charge is -2.20. The van der Waals surface area contributed by atoms with Crippen LogP contribution in [0.5, 0.6) is 0 Å². The molecule has 0 N–H and O–H groups in total. The van der Waals surface area contributed by atoms with Gasteiger partial charge in [-0.15, -0.1) is 0 Å². The molecule has 26 heavy (non-hydrogen) atoms. The van der Waals surface area contributed by atoms with E-state index in [1.807, 2.05) is 0 Å². The molecule has 144 valence electrons. The van der Waals surface area contributed by atoms with Crippen molar-refractivity contribution >= 4 is 13.2 Å². The number of unbranched alkanes of at least 4 members (excludes halogenated alkanes) is 9. The van der Waals surface area contributed by atoms with Crippen molar-refractivity contribution in [1.29, 1.82) is 0 Å². The van der Waals surface area contributed by atoms with E-state index >= 15 is 0 Å². The van der Waals surface area contributed by atoms with E-state index in [2.05, 4.69) is 47.9 Å². The van der Waals surface area contributed by atoms with Crippen LogP contribution in [0, 0.1) is 0 Å². The van der Waals surface area contributed by atoms with Gasteiger partial charge in [-0.05, 0) is 37.8 Å². The first kappa shape index (κ1) is 20.6. The third-order valence-electron chi connectivity index (χ3n) is 5.64. The van der Waals surface area contributed by atoms with Gasteiger partial charge in [0.05, 0.1) is 0 Å². The van der Waals surface area contributed by atoms with Crippen LogP contribution in [0.4, 0.5) is 0 Å². The zero-order chi connectivity index (χ0) is 18.8. The summed E-state index contributed by atoms with van der Waals surface area (Å²) in [6.45, 7) is 18.6. The van der Waals surface area contributed by atoms with Crippen LogP contribution in [0.3, 0.4) is 0 Å². The Morgan fingerprint density at radius 1 is 0.577 bits per heavy atom. The van der Waals surface area contributed by atoms with E-state index < -0.39 is 0 Å². The second-order valence-electron chi connectivity index (χ2n) is 7.79. The maximum absolute atomic E-state index is 4.14. The molecule has 2 rings (SSSR count). The van der Waals surface area contributed by atoms with Gasteiger partial charge in [0.25, 0.3) is 0 Å². The molecule has 0 aromatic carbocycles. The minimum absolute atomic E-state index is 1.07. The summed E-state index contributed by atoms with van der Waals surface area (Å²) in [7, 11) is 0. The van der Waals surface area contributed by atoms with Crippen molar-refractivity contribution in [3.05, 3.63) is 47.4 Å². The lowest BCUT2D eigenvalue weighted by atomic mass is 10.1. The highest BCUT2D eigenvalue weighted by molar-refractivity contribution is 5.15. The summed E-state index contributed by atoms with van der Waals surface area (Å²) in [5, 5.41) is 2.18. The lowest BCUT2D eigenvalue weighted by Crippen LogP contribution is -2.24. The Hall–Kier alpha value is -1.70. The zero-order valence-electron chi connectivity index (χ0n) is 16.8. The second-order valence-corrected chi connectivity index (χ2v) is 7.79. The highest BCUT2D eigenvalue weighted by atomic mass is 15.2. The van der Waals surface area contributed by atoms with E-state index in [0.29, 0.717) is 0 Å². The van der Waals surface area contributed by atoms with Gasteiger partial charge < -0.3 is 9.47 Å². The summed E-state index contributed by atoms with van der Waals surface area (Å²) in [4.78, 5) is 2.34. The first-order chi connectivity index (χ1) is 12.6. The highest BCUT2D eigenvalue weighted by Crippen LogP contribution is 2.28. The monoisotopic (exact) mass is 354 g/mol. The Morgan fingerprint density at radius 2 is 0.962 bits per heavy atom. The minimum Gasteiger partial charge on any atom is -0.350 e. The van der Waals surface area contributed by atoms with Crippen molar-refractivity contribution in [3.8, 4) is 0 Å². The number of nitrogens with zero attached hydrogens (tertiary/aromatic N) is 2. The van der Waals surface area contributed by atoms with Crippen LogP contribution in [-0.2, 0) is 6.54 Å². The molecule has 0 bridgehead atoms. The van der Waals surface area contributed by atoms with Gasteiger partial charge in [0.15, 0.2) is 0 Å². The molecule has 0 spiro atoms. The molecule has 1 fully saturated rings. The fourth-order valence-electron chi connectivity index (χ4n) is 3.90. The number of aromatic nitrogens is 1. The number of allylic oxidation sites excluding steroid dienone is 2. The summed E-state index contributed by atoms with van der Waals surface area (Å²) in [5.74, 6) is 0. The molecule has 0 aliphatic carbocycles. The maximum Gasteiger partial charge on any atom is 0.0338 e. The number of rotatable bonds is 13. The van der Waals surface area contributed by atoms with Crippen LogP contribution in [0.2, 0.25) is 0 Å². The first-order valence-corrected chi connectivity index (χ1v) is 10.6. The number of likely N-dealkylation sites (tertiary alicyclic amines) is 1. The van der Waals surface area contributed by atoms with Crippen molar-refractivity contribution in [2.24, 2.45) is 0 Å². The Balaban J connectivity index is 1.37. The first-order valence-electron chi connectivity index (χ1n) is 10.6. The highest BCUT2D eigenvalue weighted by Gasteiger charge is 2.17. The smallest absolute Gasteiger partial charge is 0.0338 e. The Labute approximate surface area is 160 Å². The molecule has 0 unspecified atom stereocenters.